The predicted molar refractivity (Wildman–Crippen MR) is 82.3 cm³/mol. The van der Waals surface area contributed by atoms with Crippen molar-refractivity contribution in [3.63, 3.8) is 0 Å². The highest BCUT2D eigenvalue weighted by atomic mass is 127. The van der Waals surface area contributed by atoms with Crippen molar-refractivity contribution in [2.75, 3.05) is 0 Å². The maximum Gasteiger partial charge on any atom is 0.329 e. The van der Waals surface area contributed by atoms with E-state index in [-0.39, 0.29) is 5.91 Å². The quantitative estimate of drug-likeness (QED) is 0.778. The number of carboxylic acids is 1. The molecular weight excluding hydrogens is 357 g/mol. The van der Waals surface area contributed by atoms with Gasteiger partial charge in [-0.1, -0.05) is 26.0 Å². The monoisotopic (exact) mass is 375 g/mol. The Morgan fingerprint density at radius 3 is 2.37 bits per heavy atom. The topological polar surface area (TPSA) is 66.4 Å². The Labute approximate surface area is 126 Å². The SMILES string of the molecule is CCC(CC)(NC(=O)c1cccc(C)c1I)C(=O)O. The van der Waals surface area contributed by atoms with Gasteiger partial charge in [-0.3, -0.25) is 4.79 Å². The summed E-state index contributed by atoms with van der Waals surface area (Å²) in [4.78, 5) is 23.7. The molecule has 0 radical (unpaired) electrons. The third-order valence-electron chi connectivity index (χ3n) is 3.41. The zero-order valence-electron chi connectivity index (χ0n) is 11.3. The molecule has 19 heavy (non-hydrogen) atoms. The summed E-state index contributed by atoms with van der Waals surface area (Å²) in [6.45, 7) is 5.45. The van der Waals surface area contributed by atoms with Crippen LogP contribution in [0.25, 0.3) is 0 Å². The van der Waals surface area contributed by atoms with Crippen molar-refractivity contribution in [3.05, 3.63) is 32.9 Å². The Hall–Kier alpha value is -1.11. The normalized spacial score (nSPS) is 11.2. The highest BCUT2D eigenvalue weighted by Gasteiger charge is 2.36. The number of aliphatic carboxylic acids is 1. The van der Waals surface area contributed by atoms with E-state index in [1.807, 2.05) is 13.0 Å². The molecule has 0 atom stereocenters. The third kappa shape index (κ3) is 3.26. The number of carboxylic acid groups (broad SMARTS) is 1. The summed E-state index contributed by atoms with van der Waals surface area (Å²) in [5.74, 6) is -1.33. The van der Waals surface area contributed by atoms with Crippen molar-refractivity contribution in [1.82, 2.24) is 5.32 Å². The number of benzene rings is 1. The van der Waals surface area contributed by atoms with Gasteiger partial charge in [0.1, 0.15) is 5.54 Å². The Kier molecular flexibility index (Phi) is 5.34. The first-order valence-electron chi connectivity index (χ1n) is 6.19. The second-order valence-electron chi connectivity index (χ2n) is 4.48. The van der Waals surface area contributed by atoms with Gasteiger partial charge in [-0.15, -0.1) is 0 Å². The molecule has 1 rings (SSSR count). The number of halogens is 1. The van der Waals surface area contributed by atoms with Crippen LogP contribution in [0.4, 0.5) is 0 Å². The minimum Gasteiger partial charge on any atom is -0.480 e. The Balaban J connectivity index is 3.08. The second-order valence-corrected chi connectivity index (χ2v) is 5.56. The maximum absolute atomic E-state index is 12.3. The van der Waals surface area contributed by atoms with E-state index < -0.39 is 11.5 Å². The van der Waals surface area contributed by atoms with E-state index in [1.165, 1.54) is 0 Å². The summed E-state index contributed by atoms with van der Waals surface area (Å²) < 4.78 is 0.851. The van der Waals surface area contributed by atoms with E-state index in [0.29, 0.717) is 18.4 Å². The van der Waals surface area contributed by atoms with E-state index in [9.17, 15) is 14.7 Å². The molecule has 0 saturated carbocycles. The molecule has 1 aromatic rings. The smallest absolute Gasteiger partial charge is 0.329 e. The molecule has 0 bridgehead atoms. The lowest BCUT2D eigenvalue weighted by Gasteiger charge is -2.28. The first-order valence-corrected chi connectivity index (χ1v) is 7.26. The highest BCUT2D eigenvalue weighted by Crippen LogP contribution is 2.20. The minimum absolute atomic E-state index is 0.334. The molecule has 1 amide bonds. The van der Waals surface area contributed by atoms with Crippen molar-refractivity contribution >= 4 is 34.5 Å². The van der Waals surface area contributed by atoms with E-state index in [0.717, 1.165) is 9.13 Å². The highest BCUT2D eigenvalue weighted by molar-refractivity contribution is 14.1. The van der Waals surface area contributed by atoms with Gasteiger partial charge in [0.05, 0.1) is 5.56 Å². The lowest BCUT2D eigenvalue weighted by atomic mass is 9.92. The average molecular weight is 375 g/mol. The number of carbonyl (C=O) groups excluding carboxylic acids is 1. The van der Waals surface area contributed by atoms with Crippen LogP contribution in [0.5, 0.6) is 0 Å². The summed E-state index contributed by atoms with van der Waals surface area (Å²) in [6, 6.07) is 5.43. The Morgan fingerprint density at radius 1 is 1.32 bits per heavy atom. The van der Waals surface area contributed by atoms with E-state index in [2.05, 4.69) is 27.9 Å². The van der Waals surface area contributed by atoms with Gasteiger partial charge in [0.25, 0.3) is 5.91 Å². The van der Waals surface area contributed by atoms with Crippen LogP contribution in [0, 0.1) is 10.5 Å². The van der Waals surface area contributed by atoms with Gasteiger partial charge in [0, 0.05) is 3.57 Å². The molecule has 2 N–H and O–H groups in total. The van der Waals surface area contributed by atoms with Crippen LogP contribution in [-0.2, 0) is 4.79 Å². The molecule has 0 unspecified atom stereocenters. The van der Waals surface area contributed by atoms with Gasteiger partial charge in [0.2, 0.25) is 0 Å². The molecule has 104 valence electrons. The Bertz CT molecular complexity index is 495. The van der Waals surface area contributed by atoms with Crippen LogP contribution in [-0.4, -0.2) is 22.5 Å². The summed E-state index contributed by atoms with van der Waals surface area (Å²) in [6.07, 6.45) is 0.708. The van der Waals surface area contributed by atoms with E-state index in [1.54, 1.807) is 26.0 Å². The number of nitrogens with one attached hydrogen (secondary N) is 1. The molecule has 0 heterocycles. The van der Waals surface area contributed by atoms with Gasteiger partial charge in [0.15, 0.2) is 0 Å². The molecule has 4 nitrogen and oxygen atoms in total. The molecule has 0 aliphatic carbocycles. The summed E-state index contributed by atoms with van der Waals surface area (Å²) >= 11 is 2.10. The van der Waals surface area contributed by atoms with Gasteiger partial charge in [-0.2, -0.15) is 0 Å². The molecule has 0 spiro atoms. The molecule has 1 aromatic carbocycles. The third-order valence-corrected chi connectivity index (χ3v) is 4.84. The first-order chi connectivity index (χ1) is 8.88. The number of rotatable bonds is 5. The van der Waals surface area contributed by atoms with Crippen LogP contribution in [0.3, 0.4) is 0 Å². The summed E-state index contributed by atoms with van der Waals surface area (Å²) in [5, 5.41) is 12.0. The van der Waals surface area contributed by atoms with Crippen LogP contribution >= 0.6 is 22.6 Å². The van der Waals surface area contributed by atoms with E-state index >= 15 is 0 Å². The van der Waals surface area contributed by atoms with Crippen molar-refractivity contribution in [2.45, 2.75) is 39.2 Å². The van der Waals surface area contributed by atoms with Gasteiger partial charge in [-0.25, -0.2) is 4.79 Å². The predicted octanol–water partition coefficient (Wildman–Crippen LogP) is 2.97. The second kappa shape index (κ2) is 6.36. The van der Waals surface area contributed by atoms with Crippen LogP contribution < -0.4 is 5.32 Å². The zero-order chi connectivity index (χ0) is 14.6. The number of hydrogen-bond donors (Lipinski definition) is 2. The molecule has 0 aromatic heterocycles. The molecule has 0 aliphatic rings. The molecule has 0 fully saturated rings. The number of hydrogen-bond acceptors (Lipinski definition) is 2. The van der Waals surface area contributed by atoms with Gasteiger partial charge in [-0.05, 0) is 54.0 Å². The minimum atomic E-state index is -1.19. The van der Waals surface area contributed by atoms with Crippen LogP contribution in [0.15, 0.2) is 18.2 Å². The lowest BCUT2D eigenvalue weighted by Crippen LogP contribution is -2.53. The molecule has 0 aliphatic heterocycles. The fraction of sp³-hybridized carbons (Fsp3) is 0.429. The molecular formula is C14H18INO3. The zero-order valence-corrected chi connectivity index (χ0v) is 13.4. The summed E-state index contributed by atoms with van der Waals surface area (Å²) in [7, 11) is 0. The standard InChI is InChI=1S/C14H18INO3/c1-4-14(5-2,13(18)19)16-12(17)10-8-6-7-9(3)11(10)15/h6-8H,4-5H2,1-3H3,(H,16,17)(H,18,19). The number of aryl methyl sites for hydroxylation is 1. The Morgan fingerprint density at radius 2 is 1.89 bits per heavy atom. The van der Waals surface area contributed by atoms with Gasteiger partial charge < -0.3 is 10.4 Å². The number of carbonyl (C=O) groups is 2. The van der Waals surface area contributed by atoms with Crippen LogP contribution in [0.1, 0.15) is 42.6 Å². The maximum atomic E-state index is 12.3. The van der Waals surface area contributed by atoms with Crippen molar-refractivity contribution in [2.24, 2.45) is 0 Å². The van der Waals surface area contributed by atoms with Crippen molar-refractivity contribution < 1.29 is 14.7 Å². The molecule has 5 heteroatoms. The van der Waals surface area contributed by atoms with Gasteiger partial charge >= 0.3 is 5.97 Å². The van der Waals surface area contributed by atoms with E-state index in [4.69, 9.17) is 0 Å². The summed E-state index contributed by atoms with van der Waals surface area (Å²) in [5.41, 5.74) is 0.333. The molecule has 0 saturated heterocycles. The fourth-order valence-corrected chi connectivity index (χ4v) is 2.49. The fourth-order valence-electron chi connectivity index (χ4n) is 1.89. The largest absolute Gasteiger partial charge is 0.480 e. The number of amides is 1. The van der Waals surface area contributed by atoms with Crippen molar-refractivity contribution in [1.29, 1.82) is 0 Å². The van der Waals surface area contributed by atoms with Crippen LogP contribution in [0.2, 0.25) is 0 Å². The lowest BCUT2D eigenvalue weighted by molar-refractivity contribution is -0.144. The average Bonchev–Trinajstić information content (AvgIpc) is 2.38. The van der Waals surface area contributed by atoms with Crippen molar-refractivity contribution in [3.8, 4) is 0 Å². The first kappa shape index (κ1) is 15.9.